The molecule has 154 valence electrons. The lowest BCUT2D eigenvalue weighted by atomic mass is 10.2. The molecule has 2 aromatic carbocycles. The largest absolute Gasteiger partial charge is 0.465 e. The number of carbonyl (C=O) groups excluding carboxylic acids is 2. The number of hydrogen-bond acceptors (Lipinski definition) is 5. The molecule has 0 spiro atoms. The number of esters is 1. The van der Waals surface area contributed by atoms with E-state index in [1.54, 1.807) is 54.6 Å². The van der Waals surface area contributed by atoms with Crippen LogP contribution in [0.4, 0.5) is 5.69 Å². The minimum Gasteiger partial charge on any atom is -0.465 e. The van der Waals surface area contributed by atoms with Crippen LogP contribution < -0.4 is 10.2 Å². The first-order chi connectivity index (χ1) is 13.9. The number of benzene rings is 2. The molecule has 0 unspecified atom stereocenters. The number of ether oxygens (including phenoxy) is 1. The smallest absolute Gasteiger partial charge is 0.337 e. The summed E-state index contributed by atoms with van der Waals surface area (Å²) < 4.78 is 31.4. The van der Waals surface area contributed by atoms with Crippen molar-refractivity contribution in [2.24, 2.45) is 0 Å². The molecule has 8 nitrogen and oxygen atoms in total. The second-order valence-electron chi connectivity index (χ2n) is 6.76. The molecule has 0 bridgehead atoms. The molecule has 9 heteroatoms. The van der Waals surface area contributed by atoms with E-state index in [4.69, 9.17) is 0 Å². The fraction of sp³-hybridized carbons (Fsp3) is 0.300. The van der Waals surface area contributed by atoms with Gasteiger partial charge in [-0.3, -0.25) is 4.79 Å². The highest BCUT2D eigenvalue weighted by atomic mass is 32.2. The van der Waals surface area contributed by atoms with E-state index in [9.17, 15) is 18.0 Å². The van der Waals surface area contributed by atoms with Crippen LogP contribution in [-0.2, 0) is 19.6 Å². The number of piperazine rings is 1. The molecule has 0 radical (unpaired) electrons. The van der Waals surface area contributed by atoms with Crippen molar-refractivity contribution in [2.75, 3.05) is 45.2 Å². The van der Waals surface area contributed by atoms with Crippen LogP contribution in [0.25, 0.3) is 0 Å². The van der Waals surface area contributed by atoms with Crippen LogP contribution in [0.15, 0.2) is 59.5 Å². The van der Waals surface area contributed by atoms with Gasteiger partial charge in [0.1, 0.15) is 0 Å². The van der Waals surface area contributed by atoms with E-state index < -0.39 is 16.0 Å². The Balaban J connectivity index is 1.50. The molecule has 2 N–H and O–H groups in total. The van der Waals surface area contributed by atoms with Gasteiger partial charge in [0, 0.05) is 5.69 Å². The van der Waals surface area contributed by atoms with Gasteiger partial charge in [-0.1, -0.05) is 18.2 Å². The van der Waals surface area contributed by atoms with Crippen molar-refractivity contribution >= 4 is 27.6 Å². The first-order valence-electron chi connectivity index (χ1n) is 9.27. The van der Waals surface area contributed by atoms with Crippen molar-refractivity contribution in [3.05, 3.63) is 60.2 Å². The third kappa shape index (κ3) is 5.20. The molecule has 1 amide bonds. The first-order valence-corrected chi connectivity index (χ1v) is 10.7. The first kappa shape index (κ1) is 21.0. The van der Waals surface area contributed by atoms with E-state index >= 15 is 0 Å². The minimum absolute atomic E-state index is 0.162. The van der Waals surface area contributed by atoms with Crippen molar-refractivity contribution in [3.8, 4) is 0 Å². The lowest BCUT2D eigenvalue weighted by Crippen LogP contribution is -3.15. The Morgan fingerprint density at radius 1 is 1.03 bits per heavy atom. The third-order valence-corrected chi connectivity index (χ3v) is 6.72. The molecule has 1 aliphatic heterocycles. The zero-order chi connectivity index (χ0) is 20.9. The highest BCUT2D eigenvalue weighted by molar-refractivity contribution is 7.89. The Morgan fingerprint density at radius 2 is 1.66 bits per heavy atom. The van der Waals surface area contributed by atoms with Gasteiger partial charge in [0.25, 0.3) is 5.91 Å². The third-order valence-electron chi connectivity index (χ3n) is 4.81. The minimum atomic E-state index is -3.49. The standard InChI is InChI=1S/C20H23N3O5S/c1-28-20(25)16-7-9-17(10-8-16)21-19(24)15-22-11-13-23(14-12-22)29(26,27)18-5-3-2-4-6-18/h2-10H,11-15H2,1H3,(H,21,24)/p+1. The fourth-order valence-corrected chi connectivity index (χ4v) is 4.66. The van der Waals surface area contributed by atoms with Crippen molar-refractivity contribution < 1.29 is 27.6 Å². The summed E-state index contributed by atoms with van der Waals surface area (Å²) in [6.45, 7) is 2.10. The molecule has 0 aromatic heterocycles. The maximum atomic E-state index is 12.7. The molecule has 2 aromatic rings. The summed E-state index contributed by atoms with van der Waals surface area (Å²) in [4.78, 5) is 25.0. The summed E-state index contributed by atoms with van der Waals surface area (Å²) in [5, 5.41) is 2.80. The van der Waals surface area contributed by atoms with Gasteiger partial charge in [-0.05, 0) is 36.4 Å². The van der Waals surface area contributed by atoms with Gasteiger partial charge in [0.15, 0.2) is 6.54 Å². The number of amides is 1. The van der Waals surface area contributed by atoms with Crippen LogP contribution in [0.1, 0.15) is 10.4 Å². The summed E-state index contributed by atoms with van der Waals surface area (Å²) in [6.07, 6.45) is 0. The van der Waals surface area contributed by atoms with Gasteiger partial charge in [0.2, 0.25) is 10.0 Å². The van der Waals surface area contributed by atoms with Crippen LogP contribution in [-0.4, -0.2) is 64.4 Å². The SMILES string of the molecule is COC(=O)c1ccc(NC(=O)C[NH+]2CCN(S(=O)(=O)c3ccccc3)CC2)cc1. The number of nitrogens with zero attached hydrogens (tertiary/aromatic N) is 1. The molecule has 1 saturated heterocycles. The van der Waals surface area contributed by atoms with E-state index in [1.807, 2.05) is 0 Å². The summed E-state index contributed by atoms with van der Waals surface area (Å²) in [5.41, 5.74) is 0.999. The van der Waals surface area contributed by atoms with E-state index in [0.29, 0.717) is 37.4 Å². The lowest BCUT2D eigenvalue weighted by molar-refractivity contribution is -0.895. The predicted molar refractivity (Wildman–Crippen MR) is 107 cm³/mol. The number of nitrogens with one attached hydrogen (secondary N) is 2. The summed E-state index contributed by atoms with van der Waals surface area (Å²) in [7, 11) is -2.18. The van der Waals surface area contributed by atoms with E-state index in [0.717, 1.165) is 4.90 Å². The van der Waals surface area contributed by atoms with Crippen LogP contribution in [0.5, 0.6) is 0 Å². The molecule has 1 fully saturated rings. The molecule has 29 heavy (non-hydrogen) atoms. The molecule has 1 heterocycles. The van der Waals surface area contributed by atoms with Gasteiger partial charge in [-0.25, -0.2) is 13.2 Å². The molecule has 0 aliphatic carbocycles. The Kier molecular flexibility index (Phi) is 6.63. The monoisotopic (exact) mass is 418 g/mol. The molecular formula is C20H24N3O5S+. The van der Waals surface area contributed by atoms with E-state index in [2.05, 4.69) is 10.1 Å². The molecule has 0 atom stereocenters. The topological polar surface area (TPSA) is 97.2 Å². The average Bonchev–Trinajstić information content (AvgIpc) is 2.74. The quantitative estimate of drug-likeness (QED) is 0.644. The number of hydrogen-bond donors (Lipinski definition) is 2. The second kappa shape index (κ2) is 9.17. The van der Waals surface area contributed by atoms with Crippen molar-refractivity contribution in [1.29, 1.82) is 0 Å². The van der Waals surface area contributed by atoms with Crippen LogP contribution in [0, 0.1) is 0 Å². The molecule has 1 aliphatic rings. The molecular weight excluding hydrogens is 394 g/mol. The Bertz CT molecular complexity index is 953. The number of quaternary nitrogens is 1. The van der Waals surface area contributed by atoms with Gasteiger partial charge >= 0.3 is 5.97 Å². The number of carbonyl (C=O) groups is 2. The van der Waals surface area contributed by atoms with E-state index in [-0.39, 0.29) is 17.3 Å². The highest BCUT2D eigenvalue weighted by Gasteiger charge is 2.30. The second-order valence-corrected chi connectivity index (χ2v) is 8.70. The van der Waals surface area contributed by atoms with Crippen molar-refractivity contribution in [3.63, 3.8) is 0 Å². The van der Waals surface area contributed by atoms with Gasteiger partial charge in [0.05, 0.1) is 43.7 Å². The fourth-order valence-electron chi connectivity index (χ4n) is 3.20. The Labute approximate surface area is 170 Å². The summed E-state index contributed by atoms with van der Waals surface area (Å²) >= 11 is 0. The Morgan fingerprint density at radius 3 is 2.24 bits per heavy atom. The summed E-state index contributed by atoms with van der Waals surface area (Å²) in [6, 6.07) is 14.8. The van der Waals surface area contributed by atoms with Crippen molar-refractivity contribution in [2.45, 2.75) is 4.90 Å². The van der Waals surface area contributed by atoms with Crippen LogP contribution in [0.3, 0.4) is 0 Å². The number of rotatable bonds is 6. The normalized spacial score (nSPS) is 15.6. The van der Waals surface area contributed by atoms with Crippen LogP contribution in [0.2, 0.25) is 0 Å². The maximum absolute atomic E-state index is 12.7. The van der Waals surface area contributed by atoms with Crippen molar-refractivity contribution in [1.82, 2.24) is 4.31 Å². The van der Waals surface area contributed by atoms with Gasteiger partial charge < -0.3 is 15.0 Å². The summed E-state index contributed by atoms with van der Waals surface area (Å²) in [5.74, 6) is -0.596. The number of anilines is 1. The molecule has 3 rings (SSSR count). The zero-order valence-electron chi connectivity index (χ0n) is 16.1. The van der Waals surface area contributed by atoms with E-state index in [1.165, 1.54) is 11.4 Å². The predicted octanol–water partition coefficient (Wildman–Crippen LogP) is 0.00110. The van der Waals surface area contributed by atoms with Gasteiger partial charge in [-0.15, -0.1) is 0 Å². The Hall–Kier alpha value is -2.75. The maximum Gasteiger partial charge on any atom is 0.337 e. The average molecular weight is 418 g/mol. The molecule has 0 saturated carbocycles. The number of methoxy groups -OCH3 is 1. The number of sulfonamides is 1. The zero-order valence-corrected chi connectivity index (χ0v) is 16.9. The van der Waals surface area contributed by atoms with Gasteiger partial charge in [-0.2, -0.15) is 4.31 Å². The lowest BCUT2D eigenvalue weighted by Gasteiger charge is -2.31. The highest BCUT2D eigenvalue weighted by Crippen LogP contribution is 2.14. The van der Waals surface area contributed by atoms with Crippen LogP contribution >= 0.6 is 0 Å².